The van der Waals surface area contributed by atoms with E-state index in [9.17, 15) is 28.1 Å². The highest BCUT2D eigenvalue weighted by molar-refractivity contribution is 5.86. The summed E-state index contributed by atoms with van der Waals surface area (Å²) in [5, 5.41) is 12.8. The van der Waals surface area contributed by atoms with Crippen LogP contribution in [0.5, 0.6) is 0 Å². The monoisotopic (exact) mass is 322 g/mol. The third-order valence-electron chi connectivity index (χ3n) is 3.65. The van der Waals surface area contributed by atoms with Gasteiger partial charge in [-0.2, -0.15) is 13.2 Å². The lowest BCUT2D eigenvalue weighted by Gasteiger charge is -2.16. The van der Waals surface area contributed by atoms with Gasteiger partial charge in [-0.1, -0.05) is 24.3 Å². The van der Waals surface area contributed by atoms with E-state index in [2.05, 4.69) is 0 Å². The van der Waals surface area contributed by atoms with E-state index in [-0.39, 0.29) is 11.3 Å². The second kappa shape index (κ2) is 5.08. The van der Waals surface area contributed by atoms with E-state index in [0.717, 1.165) is 0 Å². The lowest BCUT2D eigenvalue weighted by atomic mass is 10.0. The van der Waals surface area contributed by atoms with Crippen molar-refractivity contribution in [2.24, 2.45) is 0 Å². The highest BCUT2D eigenvalue weighted by Crippen LogP contribution is 2.44. The van der Waals surface area contributed by atoms with Crippen molar-refractivity contribution < 1.29 is 22.9 Å². The Bertz CT molecular complexity index is 818. The summed E-state index contributed by atoms with van der Waals surface area (Å²) in [5.74, 6) is -2.09. The number of nitro groups is 1. The molecule has 0 spiro atoms. The summed E-state index contributed by atoms with van der Waals surface area (Å²) in [6.07, 6.45) is -5.03. The first-order chi connectivity index (χ1) is 10.8. The number of halogens is 3. The summed E-state index contributed by atoms with van der Waals surface area (Å²) in [5.41, 5.74) is 1.71. The third kappa shape index (κ3) is 2.52. The molecule has 0 heterocycles. The third-order valence-corrected chi connectivity index (χ3v) is 3.65. The number of amides is 1. The molecule has 8 heteroatoms. The zero-order valence-electron chi connectivity index (χ0n) is 11.4. The molecule has 1 atom stereocenters. The number of hydrogen-bond donors (Lipinski definition) is 1. The molecule has 5 nitrogen and oxygen atoms in total. The highest BCUT2D eigenvalue weighted by Gasteiger charge is 2.42. The summed E-state index contributed by atoms with van der Waals surface area (Å²) < 4.78 is 37.6. The van der Waals surface area contributed by atoms with E-state index in [1.165, 1.54) is 18.2 Å². The van der Waals surface area contributed by atoms with Gasteiger partial charge in [-0.25, -0.2) is 0 Å². The Labute approximate surface area is 127 Å². The first kappa shape index (κ1) is 15.0. The van der Waals surface area contributed by atoms with E-state index in [0.29, 0.717) is 16.7 Å². The van der Waals surface area contributed by atoms with Gasteiger partial charge in [0.05, 0.1) is 11.0 Å². The first-order valence-electron chi connectivity index (χ1n) is 6.54. The summed E-state index contributed by atoms with van der Waals surface area (Å²) in [6, 6.07) is 9.49. The molecule has 118 valence electrons. The Hall–Kier alpha value is -2.90. The van der Waals surface area contributed by atoms with Crippen LogP contribution in [0.25, 0.3) is 11.1 Å². The van der Waals surface area contributed by atoms with Crippen molar-refractivity contribution in [3.05, 3.63) is 63.7 Å². The second-order valence-corrected chi connectivity index (χ2v) is 5.02. The van der Waals surface area contributed by atoms with Gasteiger partial charge >= 0.3 is 12.1 Å². The van der Waals surface area contributed by atoms with Crippen molar-refractivity contribution in [2.75, 3.05) is 0 Å². The molecule has 0 aliphatic heterocycles. The maximum absolute atomic E-state index is 12.5. The van der Waals surface area contributed by atoms with Gasteiger partial charge in [0.2, 0.25) is 0 Å². The lowest BCUT2D eigenvalue weighted by Crippen LogP contribution is -2.38. The summed E-state index contributed by atoms with van der Waals surface area (Å²) in [6.45, 7) is 0. The molecule has 1 aliphatic carbocycles. The molecule has 0 saturated carbocycles. The van der Waals surface area contributed by atoms with Crippen molar-refractivity contribution in [2.45, 2.75) is 12.2 Å². The fourth-order valence-electron chi connectivity index (χ4n) is 2.68. The Morgan fingerprint density at radius 2 is 1.74 bits per heavy atom. The van der Waals surface area contributed by atoms with Crippen molar-refractivity contribution in [1.82, 2.24) is 5.32 Å². The normalized spacial score (nSPS) is 15.7. The van der Waals surface area contributed by atoms with Gasteiger partial charge in [0.1, 0.15) is 0 Å². The molecule has 1 N–H and O–H groups in total. The molecule has 0 bridgehead atoms. The molecule has 1 amide bonds. The minimum atomic E-state index is -5.03. The van der Waals surface area contributed by atoms with Crippen LogP contribution in [0.15, 0.2) is 42.5 Å². The zero-order chi connectivity index (χ0) is 16.8. The molecule has 0 radical (unpaired) electrons. The van der Waals surface area contributed by atoms with Crippen LogP contribution in [0.1, 0.15) is 17.2 Å². The molecule has 2 aromatic rings. The minimum absolute atomic E-state index is 0.247. The van der Waals surface area contributed by atoms with Crippen LogP contribution in [0.2, 0.25) is 0 Å². The molecular weight excluding hydrogens is 313 g/mol. The van der Waals surface area contributed by atoms with Crippen LogP contribution >= 0.6 is 0 Å². The van der Waals surface area contributed by atoms with Gasteiger partial charge in [0.15, 0.2) is 0 Å². The van der Waals surface area contributed by atoms with Gasteiger partial charge in [0.25, 0.3) is 5.69 Å². The maximum Gasteiger partial charge on any atom is 0.471 e. The predicted molar refractivity (Wildman–Crippen MR) is 74.6 cm³/mol. The summed E-state index contributed by atoms with van der Waals surface area (Å²) in [4.78, 5) is 21.6. The SMILES string of the molecule is O=C(N[C@H]1c2ccccc2-c2ccc([N+](=O)[O-])cc21)C(F)(F)F. The van der Waals surface area contributed by atoms with E-state index < -0.39 is 23.0 Å². The molecule has 2 aromatic carbocycles. The molecular formula is C15H9F3N2O3. The topological polar surface area (TPSA) is 72.2 Å². The fourth-order valence-corrected chi connectivity index (χ4v) is 2.68. The average molecular weight is 322 g/mol. The minimum Gasteiger partial charge on any atom is -0.337 e. The predicted octanol–water partition coefficient (Wildman–Crippen LogP) is 3.34. The molecule has 3 rings (SSSR count). The molecule has 0 aromatic heterocycles. The maximum atomic E-state index is 12.5. The molecule has 23 heavy (non-hydrogen) atoms. The lowest BCUT2D eigenvalue weighted by molar-refractivity contribution is -0.384. The van der Waals surface area contributed by atoms with Gasteiger partial charge in [-0.3, -0.25) is 14.9 Å². The number of benzene rings is 2. The summed E-state index contributed by atoms with van der Waals surface area (Å²) in [7, 11) is 0. The largest absolute Gasteiger partial charge is 0.471 e. The number of nitrogens with zero attached hydrogens (tertiary/aromatic N) is 1. The number of alkyl halides is 3. The van der Waals surface area contributed by atoms with Crippen LogP contribution in [-0.2, 0) is 4.79 Å². The van der Waals surface area contributed by atoms with Crippen molar-refractivity contribution in [3.63, 3.8) is 0 Å². The quantitative estimate of drug-likeness (QED) is 0.681. The Balaban J connectivity index is 2.11. The summed E-state index contributed by atoms with van der Waals surface area (Å²) >= 11 is 0. The number of carbonyl (C=O) groups is 1. The molecule has 0 unspecified atom stereocenters. The number of carbonyl (C=O) groups excluding carboxylic acids is 1. The Morgan fingerprint density at radius 3 is 2.39 bits per heavy atom. The highest BCUT2D eigenvalue weighted by atomic mass is 19.4. The molecule has 0 fully saturated rings. The van der Waals surface area contributed by atoms with Crippen LogP contribution in [0, 0.1) is 10.1 Å². The Morgan fingerprint density at radius 1 is 1.09 bits per heavy atom. The van der Waals surface area contributed by atoms with Crippen LogP contribution in [0.3, 0.4) is 0 Å². The van der Waals surface area contributed by atoms with Crippen molar-refractivity contribution >= 4 is 11.6 Å². The van der Waals surface area contributed by atoms with Crippen LogP contribution in [0.4, 0.5) is 18.9 Å². The smallest absolute Gasteiger partial charge is 0.337 e. The van der Waals surface area contributed by atoms with Crippen molar-refractivity contribution in [3.8, 4) is 11.1 Å². The van der Waals surface area contributed by atoms with Gasteiger partial charge in [-0.05, 0) is 28.3 Å². The van der Waals surface area contributed by atoms with E-state index in [1.54, 1.807) is 24.3 Å². The zero-order valence-corrected chi connectivity index (χ0v) is 11.4. The number of hydrogen-bond acceptors (Lipinski definition) is 3. The fraction of sp³-hybridized carbons (Fsp3) is 0.133. The molecule has 0 saturated heterocycles. The average Bonchev–Trinajstić information content (AvgIpc) is 2.80. The van der Waals surface area contributed by atoms with E-state index in [4.69, 9.17) is 0 Å². The number of fused-ring (bicyclic) bond motifs is 3. The van der Waals surface area contributed by atoms with E-state index >= 15 is 0 Å². The standard InChI is InChI=1S/C15H9F3N2O3/c16-15(17,18)14(21)19-13-11-4-2-1-3-9(11)10-6-5-8(20(22)23)7-12(10)13/h1-7,13H,(H,19,21)/t13-/m0/s1. The number of rotatable bonds is 2. The number of non-ortho nitro benzene ring substituents is 1. The second-order valence-electron chi connectivity index (χ2n) is 5.02. The number of nitro benzene ring substituents is 1. The van der Waals surface area contributed by atoms with Crippen molar-refractivity contribution in [1.29, 1.82) is 0 Å². The Kier molecular flexibility index (Phi) is 3.32. The first-order valence-corrected chi connectivity index (χ1v) is 6.54. The van der Waals surface area contributed by atoms with Gasteiger partial charge in [-0.15, -0.1) is 0 Å². The van der Waals surface area contributed by atoms with Gasteiger partial charge in [0, 0.05) is 12.1 Å². The van der Waals surface area contributed by atoms with Crippen LogP contribution in [-0.4, -0.2) is 17.0 Å². The number of nitrogens with one attached hydrogen (secondary N) is 1. The van der Waals surface area contributed by atoms with E-state index in [1.807, 2.05) is 5.32 Å². The van der Waals surface area contributed by atoms with Gasteiger partial charge < -0.3 is 5.32 Å². The molecule has 1 aliphatic rings. The van der Waals surface area contributed by atoms with Crippen LogP contribution < -0.4 is 5.32 Å².